The number of aliphatic hydroxyl groups excluding tert-OH is 1. The molecule has 0 unspecified atom stereocenters. The first kappa shape index (κ1) is 18.3. The first-order chi connectivity index (χ1) is 10.3. The molecule has 0 aliphatic rings. The average molecular weight is 343 g/mol. The highest BCUT2D eigenvalue weighted by Crippen LogP contribution is 2.20. The zero-order valence-corrected chi connectivity index (χ0v) is 13.6. The van der Waals surface area contributed by atoms with Crippen LogP contribution >= 0.6 is 23.2 Å². The molecular weight excluding hydrogens is 327 g/mol. The van der Waals surface area contributed by atoms with E-state index in [9.17, 15) is 14.7 Å². The van der Waals surface area contributed by atoms with Crippen LogP contribution < -0.4 is 10.6 Å². The Bertz CT molecular complexity index is 611. The Morgan fingerprint density at radius 3 is 2.45 bits per heavy atom. The van der Waals surface area contributed by atoms with Crippen molar-refractivity contribution >= 4 is 35.0 Å². The van der Waals surface area contributed by atoms with Crippen molar-refractivity contribution in [2.45, 2.75) is 32.0 Å². The van der Waals surface area contributed by atoms with Crippen LogP contribution in [0.4, 0.5) is 0 Å². The van der Waals surface area contributed by atoms with Crippen LogP contribution in [0.25, 0.3) is 0 Å². The maximum atomic E-state index is 12.2. The molecule has 0 aromatic heterocycles. The van der Waals surface area contributed by atoms with Crippen LogP contribution in [0.1, 0.15) is 24.2 Å². The van der Waals surface area contributed by atoms with Crippen LogP contribution in [0.3, 0.4) is 0 Å². The molecule has 0 fully saturated rings. The Kier molecular flexibility index (Phi) is 6.69. The molecular formula is C15H16Cl2N2O3. The molecule has 7 heteroatoms. The van der Waals surface area contributed by atoms with E-state index >= 15 is 0 Å². The van der Waals surface area contributed by atoms with Gasteiger partial charge in [-0.05, 0) is 32.0 Å². The Labute approximate surface area is 139 Å². The lowest BCUT2D eigenvalue weighted by molar-refractivity contribution is -0.125. The molecule has 0 saturated heterocycles. The first-order valence-corrected chi connectivity index (χ1v) is 7.22. The largest absolute Gasteiger partial charge is 0.391 e. The number of nitrogens with one attached hydrogen (secondary N) is 2. The maximum Gasteiger partial charge on any atom is 0.253 e. The molecule has 0 spiro atoms. The van der Waals surface area contributed by atoms with Gasteiger partial charge < -0.3 is 15.7 Å². The number of halogens is 2. The highest BCUT2D eigenvalue weighted by Gasteiger charge is 2.27. The summed E-state index contributed by atoms with van der Waals surface area (Å²) in [6, 6.07) is 2.68. The Morgan fingerprint density at radius 2 is 1.91 bits per heavy atom. The van der Waals surface area contributed by atoms with E-state index in [1.807, 2.05) is 0 Å². The summed E-state index contributed by atoms with van der Waals surface area (Å²) in [4.78, 5) is 24.2. The molecule has 22 heavy (non-hydrogen) atoms. The van der Waals surface area contributed by atoms with Crippen molar-refractivity contribution in [3.63, 3.8) is 0 Å². The molecule has 0 heterocycles. The van der Waals surface area contributed by atoms with Crippen molar-refractivity contribution in [2.75, 3.05) is 0 Å². The molecule has 2 amide bonds. The summed E-state index contributed by atoms with van der Waals surface area (Å²) in [5.41, 5.74) is 0.109. The summed E-state index contributed by atoms with van der Waals surface area (Å²) >= 11 is 11.8. The molecule has 118 valence electrons. The quantitative estimate of drug-likeness (QED) is 0.711. The fourth-order valence-electron chi connectivity index (χ4n) is 1.64. The van der Waals surface area contributed by atoms with Gasteiger partial charge in [-0.2, -0.15) is 0 Å². The normalized spacial score (nSPS) is 14.4. The summed E-state index contributed by atoms with van der Waals surface area (Å²) in [6.07, 6.45) is 4.06. The molecule has 1 aromatic carbocycles. The minimum atomic E-state index is -1.17. The van der Waals surface area contributed by atoms with Crippen LogP contribution in [-0.2, 0) is 4.79 Å². The van der Waals surface area contributed by atoms with E-state index in [1.165, 1.54) is 25.1 Å². The molecule has 0 aliphatic heterocycles. The van der Waals surface area contributed by atoms with E-state index in [4.69, 9.17) is 29.6 Å². The minimum Gasteiger partial charge on any atom is -0.391 e. The van der Waals surface area contributed by atoms with Gasteiger partial charge in [-0.25, -0.2) is 0 Å². The van der Waals surface area contributed by atoms with Crippen molar-refractivity contribution < 1.29 is 14.7 Å². The minimum absolute atomic E-state index is 0.109. The highest BCUT2D eigenvalue weighted by molar-refractivity contribution is 6.35. The van der Waals surface area contributed by atoms with Crippen LogP contribution in [0.2, 0.25) is 10.0 Å². The topological polar surface area (TPSA) is 78.4 Å². The molecule has 0 radical (unpaired) electrons. The van der Waals surface area contributed by atoms with E-state index < -0.39 is 30.0 Å². The zero-order chi connectivity index (χ0) is 16.9. The fourth-order valence-corrected chi connectivity index (χ4v) is 2.02. The number of benzene rings is 1. The molecule has 5 nitrogen and oxygen atoms in total. The van der Waals surface area contributed by atoms with Gasteiger partial charge in [0, 0.05) is 5.02 Å². The fraction of sp³-hybridized carbons (Fsp3) is 0.333. The number of hydrogen-bond acceptors (Lipinski definition) is 3. The van der Waals surface area contributed by atoms with Gasteiger partial charge >= 0.3 is 0 Å². The highest BCUT2D eigenvalue weighted by atomic mass is 35.5. The molecule has 1 rings (SSSR count). The monoisotopic (exact) mass is 342 g/mol. The van der Waals surface area contributed by atoms with E-state index in [2.05, 4.69) is 16.6 Å². The van der Waals surface area contributed by atoms with Crippen LogP contribution in [-0.4, -0.2) is 35.1 Å². The van der Waals surface area contributed by atoms with Crippen molar-refractivity contribution in [2.24, 2.45) is 0 Å². The maximum absolute atomic E-state index is 12.2. The van der Waals surface area contributed by atoms with Crippen molar-refractivity contribution in [1.29, 1.82) is 0 Å². The number of rotatable bonds is 5. The SMILES string of the molecule is C#C[C@H](C)NC(=O)[C@H](NC(=O)c1cc(Cl)ccc1Cl)[C@H](C)O. The van der Waals surface area contributed by atoms with Crippen molar-refractivity contribution in [3.05, 3.63) is 33.8 Å². The predicted molar refractivity (Wildman–Crippen MR) is 85.8 cm³/mol. The number of terminal acetylenes is 1. The average Bonchev–Trinajstić information content (AvgIpc) is 2.46. The third-order valence-corrected chi connectivity index (χ3v) is 3.40. The van der Waals surface area contributed by atoms with E-state index in [0.29, 0.717) is 5.02 Å². The Hall–Kier alpha value is -1.74. The number of carbonyl (C=O) groups excluding carboxylic acids is 2. The number of hydrogen-bond donors (Lipinski definition) is 3. The van der Waals surface area contributed by atoms with Gasteiger partial charge in [-0.1, -0.05) is 29.1 Å². The standard InChI is InChI=1S/C15H16Cl2N2O3/c1-4-8(2)18-15(22)13(9(3)20)19-14(21)11-7-10(16)5-6-12(11)17/h1,5-9,13,20H,2-3H3,(H,18,22)(H,19,21)/t8-,9-,13+/m0/s1. The summed E-state index contributed by atoms with van der Waals surface area (Å²) in [6.45, 7) is 2.98. The smallest absolute Gasteiger partial charge is 0.253 e. The molecule has 0 aliphatic carbocycles. The Morgan fingerprint density at radius 1 is 1.27 bits per heavy atom. The zero-order valence-electron chi connectivity index (χ0n) is 12.1. The Balaban J connectivity index is 2.91. The lowest BCUT2D eigenvalue weighted by Gasteiger charge is -2.22. The van der Waals surface area contributed by atoms with E-state index in [1.54, 1.807) is 6.92 Å². The van der Waals surface area contributed by atoms with Crippen molar-refractivity contribution in [1.82, 2.24) is 10.6 Å². The van der Waals surface area contributed by atoms with Gasteiger partial charge in [0.25, 0.3) is 5.91 Å². The van der Waals surface area contributed by atoms with Gasteiger partial charge in [-0.3, -0.25) is 9.59 Å². The second-order valence-electron chi connectivity index (χ2n) is 4.71. The number of aliphatic hydroxyl groups is 1. The summed E-state index contributed by atoms with van der Waals surface area (Å²) in [7, 11) is 0. The summed E-state index contributed by atoms with van der Waals surface area (Å²) in [5.74, 6) is 1.11. The molecule has 1 aromatic rings. The second kappa shape index (κ2) is 8.04. The van der Waals surface area contributed by atoms with Crippen LogP contribution in [0.5, 0.6) is 0 Å². The van der Waals surface area contributed by atoms with Crippen LogP contribution in [0, 0.1) is 12.3 Å². The summed E-state index contributed by atoms with van der Waals surface area (Å²) in [5, 5.41) is 15.1. The molecule has 3 N–H and O–H groups in total. The van der Waals surface area contributed by atoms with E-state index in [0.717, 1.165) is 0 Å². The first-order valence-electron chi connectivity index (χ1n) is 6.46. The van der Waals surface area contributed by atoms with Gasteiger partial charge in [0.2, 0.25) is 5.91 Å². The van der Waals surface area contributed by atoms with Gasteiger partial charge in [0.1, 0.15) is 6.04 Å². The lowest BCUT2D eigenvalue weighted by atomic mass is 10.1. The third kappa shape index (κ3) is 4.92. The second-order valence-corrected chi connectivity index (χ2v) is 5.56. The number of amides is 2. The van der Waals surface area contributed by atoms with Crippen molar-refractivity contribution in [3.8, 4) is 12.3 Å². The van der Waals surface area contributed by atoms with E-state index in [-0.39, 0.29) is 10.6 Å². The van der Waals surface area contributed by atoms with Gasteiger partial charge in [0.05, 0.1) is 22.7 Å². The summed E-state index contributed by atoms with van der Waals surface area (Å²) < 4.78 is 0. The van der Waals surface area contributed by atoms with Gasteiger partial charge in [0.15, 0.2) is 0 Å². The molecule has 0 saturated carbocycles. The predicted octanol–water partition coefficient (Wildman–Crippen LogP) is 1.61. The van der Waals surface area contributed by atoms with Gasteiger partial charge in [-0.15, -0.1) is 6.42 Å². The van der Waals surface area contributed by atoms with Crippen LogP contribution in [0.15, 0.2) is 18.2 Å². The molecule has 3 atom stereocenters. The number of carbonyl (C=O) groups is 2. The lowest BCUT2D eigenvalue weighted by Crippen LogP contribution is -2.53. The third-order valence-electron chi connectivity index (χ3n) is 2.83. The molecule has 0 bridgehead atoms.